The van der Waals surface area contributed by atoms with Gasteiger partial charge in [-0.15, -0.1) is 0 Å². The molecule has 2 heterocycles. The van der Waals surface area contributed by atoms with Crippen LogP contribution in [0.4, 0.5) is 0 Å². The van der Waals surface area contributed by atoms with E-state index in [2.05, 4.69) is 54.5 Å². The van der Waals surface area contributed by atoms with E-state index in [9.17, 15) is 45.6 Å². The summed E-state index contributed by atoms with van der Waals surface area (Å²) in [6, 6.07) is 0. The number of carbonyl (C=O) groups is 1. The number of allylic oxidation sites excluding steroid dienone is 2. The van der Waals surface area contributed by atoms with Crippen LogP contribution in [0.3, 0.4) is 0 Å². The van der Waals surface area contributed by atoms with E-state index in [1.807, 2.05) is 0 Å². The van der Waals surface area contributed by atoms with E-state index in [0.29, 0.717) is 12.3 Å². The molecule has 0 aromatic rings. The second-order valence-electron chi connectivity index (χ2n) is 20.7. The molecule has 55 heavy (non-hydrogen) atoms. The van der Waals surface area contributed by atoms with E-state index < -0.39 is 86.0 Å². The SMILES string of the molecule is CC1(C)CC[C@]2(C(=O)O)CC[C@]3(C)C(=CCC4[C@@]5(C)CC[C@H](OC6O[C@H](CO)[C@@H](O)C(O[C@@H]7O[C@H](CO)[C@@H](O)[C@H](O)[C@H]7O)[C@H]6O)C(C)(C)C5CC[C@]43C)[C@@H]2C1. The van der Waals surface area contributed by atoms with Crippen molar-refractivity contribution in [2.45, 2.75) is 180 Å². The number of fused-ring (bicyclic) bond motifs is 7. The average molecular weight is 781 g/mol. The number of carboxylic acids is 1. The lowest BCUT2D eigenvalue weighted by Gasteiger charge is -2.71. The Balaban J connectivity index is 1.12. The molecule has 18 atom stereocenters. The maximum atomic E-state index is 13.0. The topological polar surface area (TPSA) is 216 Å². The maximum absolute atomic E-state index is 13.0. The molecule has 314 valence electrons. The van der Waals surface area contributed by atoms with E-state index in [-0.39, 0.29) is 45.0 Å². The molecule has 5 aliphatic carbocycles. The lowest BCUT2D eigenvalue weighted by Crippen LogP contribution is -2.67. The summed E-state index contributed by atoms with van der Waals surface area (Å²) in [6.45, 7) is 15.1. The zero-order chi connectivity index (χ0) is 40.3. The molecule has 2 saturated heterocycles. The van der Waals surface area contributed by atoms with Gasteiger partial charge in [0.05, 0.1) is 24.7 Å². The quantitative estimate of drug-likeness (QED) is 0.138. The molecule has 2 aliphatic heterocycles. The monoisotopic (exact) mass is 780 g/mol. The van der Waals surface area contributed by atoms with Gasteiger partial charge < -0.3 is 59.8 Å². The predicted molar refractivity (Wildman–Crippen MR) is 198 cm³/mol. The summed E-state index contributed by atoms with van der Waals surface area (Å²) in [5.41, 5.74) is 0.283. The smallest absolute Gasteiger partial charge is 0.310 e. The standard InChI is InChI=1S/C42H68O13/c1-37(2)14-16-42(36(50)51)17-15-40(6)21(22(42)18-37)8-9-26-39(5)12-11-27(38(3,4)25(39)10-13-41(26,40)7)54-35-32(49)33(29(46)24(20-44)53-35)55-34-31(48)30(47)28(45)23(19-43)52-34/h8,22-35,43-49H,9-20H2,1-7H3,(H,50,51)/t22-,23+,24+,25?,26?,27-,28+,29+,30-,31+,32+,33?,34-,35?,39-,40+,41+,42-/m0/s1. The Morgan fingerprint density at radius 1 is 0.727 bits per heavy atom. The fraction of sp³-hybridized carbons (Fsp3) is 0.929. The van der Waals surface area contributed by atoms with E-state index in [4.69, 9.17) is 18.9 Å². The summed E-state index contributed by atoms with van der Waals surface area (Å²) >= 11 is 0. The van der Waals surface area contributed by atoms with Gasteiger partial charge in [0.15, 0.2) is 12.6 Å². The molecule has 13 nitrogen and oxygen atoms in total. The van der Waals surface area contributed by atoms with Crippen LogP contribution in [0.25, 0.3) is 0 Å². The highest BCUT2D eigenvalue weighted by Crippen LogP contribution is 2.76. The number of hydrogen-bond acceptors (Lipinski definition) is 12. The maximum Gasteiger partial charge on any atom is 0.310 e. The normalized spacial score (nSPS) is 53.2. The molecule has 7 rings (SSSR count). The Kier molecular flexibility index (Phi) is 10.8. The molecule has 0 amide bonds. The number of ether oxygens (including phenoxy) is 4. The van der Waals surface area contributed by atoms with E-state index >= 15 is 0 Å². The summed E-state index contributed by atoms with van der Waals surface area (Å²) in [4.78, 5) is 13.0. The Morgan fingerprint density at radius 3 is 1.98 bits per heavy atom. The van der Waals surface area contributed by atoms with Crippen LogP contribution in [0, 0.1) is 50.2 Å². The first-order valence-electron chi connectivity index (χ1n) is 20.8. The Bertz CT molecular complexity index is 1480. The van der Waals surface area contributed by atoms with Crippen LogP contribution in [0.15, 0.2) is 11.6 Å². The van der Waals surface area contributed by atoms with Crippen LogP contribution < -0.4 is 0 Å². The van der Waals surface area contributed by atoms with Crippen LogP contribution >= 0.6 is 0 Å². The summed E-state index contributed by atoms with van der Waals surface area (Å²) < 4.78 is 24.0. The van der Waals surface area contributed by atoms with Gasteiger partial charge in [0.25, 0.3) is 0 Å². The lowest BCUT2D eigenvalue weighted by atomic mass is 9.33. The van der Waals surface area contributed by atoms with Crippen molar-refractivity contribution in [2.75, 3.05) is 13.2 Å². The van der Waals surface area contributed by atoms with Gasteiger partial charge in [0, 0.05) is 0 Å². The zero-order valence-corrected chi connectivity index (χ0v) is 33.8. The number of hydrogen-bond donors (Lipinski definition) is 8. The molecule has 0 bridgehead atoms. The third-order valence-corrected chi connectivity index (χ3v) is 17.3. The number of rotatable bonds is 7. The van der Waals surface area contributed by atoms with Gasteiger partial charge in [-0.25, -0.2) is 0 Å². The first kappa shape index (κ1) is 41.9. The van der Waals surface area contributed by atoms with Crippen molar-refractivity contribution in [1.29, 1.82) is 0 Å². The predicted octanol–water partition coefficient (Wildman–Crippen LogP) is 2.88. The molecule has 8 N–H and O–H groups in total. The van der Waals surface area contributed by atoms with E-state index in [1.54, 1.807) is 0 Å². The lowest BCUT2D eigenvalue weighted by molar-refractivity contribution is -0.369. The van der Waals surface area contributed by atoms with Crippen molar-refractivity contribution in [3.63, 3.8) is 0 Å². The number of aliphatic carboxylic acids is 1. The van der Waals surface area contributed by atoms with E-state index in [1.165, 1.54) is 5.57 Å². The molecular weight excluding hydrogens is 712 g/mol. The summed E-state index contributed by atoms with van der Waals surface area (Å²) in [6.07, 6.45) is -4.35. The second kappa shape index (κ2) is 14.2. The Morgan fingerprint density at radius 2 is 1.35 bits per heavy atom. The van der Waals surface area contributed by atoms with Crippen molar-refractivity contribution in [1.82, 2.24) is 0 Å². The molecule has 6 fully saturated rings. The van der Waals surface area contributed by atoms with Gasteiger partial charge in [0.1, 0.15) is 48.8 Å². The molecule has 0 aromatic heterocycles. The molecular formula is C42H68O13. The highest BCUT2D eigenvalue weighted by molar-refractivity contribution is 5.76. The van der Waals surface area contributed by atoms with Crippen LogP contribution in [0.1, 0.15) is 113 Å². The minimum absolute atomic E-state index is 0.0134. The molecule has 0 spiro atoms. The minimum atomic E-state index is -1.75. The Hall–Kier alpha value is -1.23. The van der Waals surface area contributed by atoms with Gasteiger partial charge in [-0.2, -0.15) is 0 Å². The van der Waals surface area contributed by atoms with Crippen molar-refractivity contribution in [2.24, 2.45) is 50.2 Å². The van der Waals surface area contributed by atoms with Crippen molar-refractivity contribution in [3.8, 4) is 0 Å². The van der Waals surface area contributed by atoms with Gasteiger partial charge in [-0.3, -0.25) is 4.79 Å². The third kappa shape index (κ3) is 6.23. The first-order valence-corrected chi connectivity index (χ1v) is 20.8. The molecule has 13 heteroatoms. The van der Waals surface area contributed by atoms with Crippen LogP contribution in [-0.2, 0) is 23.7 Å². The summed E-state index contributed by atoms with van der Waals surface area (Å²) in [5.74, 6) is 0.0564. The average Bonchev–Trinajstić information content (AvgIpc) is 3.12. The molecule has 7 aliphatic rings. The highest BCUT2D eigenvalue weighted by Gasteiger charge is 2.69. The second-order valence-corrected chi connectivity index (χ2v) is 20.7. The zero-order valence-electron chi connectivity index (χ0n) is 33.8. The van der Waals surface area contributed by atoms with Gasteiger partial charge >= 0.3 is 5.97 Å². The van der Waals surface area contributed by atoms with Crippen LogP contribution in [-0.4, -0.2) is 128 Å². The summed E-state index contributed by atoms with van der Waals surface area (Å²) in [5, 5.41) is 84.4. The molecule has 4 unspecified atom stereocenters. The summed E-state index contributed by atoms with van der Waals surface area (Å²) in [7, 11) is 0. The first-order chi connectivity index (χ1) is 25.6. The van der Waals surface area contributed by atoms with Crippen LogP contribution in [0.5, 0.6) is 0 Å². The molecule has 0 radical (unpaired) electrons. The van der Waals surface area contributed by atoms with Crippen molar-refractivity contribution < 1.29 is 64.6 Å². The third-order valence-electron chi connectivity index (χ3n) is 17.3. The van der Waals surface area contributed by atoms with Crippen molar-refractivity contribution in [3.05, 3.63) is 11.6 Å². The molecule has 0 aromatic carbocycles. The number of aliphatic hydroxyl groups is 7. The van der Waals surface area contributed by atoms with Gasteiger partial charge in [0.2, 0.25) is 0 Å². The fourth-order valence-corrected chi connectivity index (χ4v) is 13.7. The van der Waals surface area contributed by atoms with Crippen LogP contribution in [0.2, 0.25) is 0 Å². The number of aliphatic hydroxyl groups excluding tert-OH is 7. The van der Waals surface area contributed by atoms with E-state index in [0.717, 1.165) is 57.8 Å². The fourth-order valence-electron chi connectivity index (χ4n) is 13.7. The number of carboxylic acid groups (broad SMARTS) is 1. The highest BCUT2D eigenvalue weighted by atomic mass is 16.7. The van der Waals surface area contributed by atoms with Gasteiger partial charge in [-0.05, 0) is 109 Å². The van der Waals surface area contributed by atoms with Gasteiger partial charge in [-0.1, -0.05) is 60.1 Å². The Labute approximate surface area is 325 Å². The van der Waals surface area contributed by atoms with Crippen molar-refractivity contribution >= 4 is 5.97 Å². The minimum Gasteiger partial charge on any atom is -0.481 e. The largest absolute Gasteiger partial charge is 0.481 e. The molecule has 4 saturated carbocycles.